The van der Waals surface area contributed by atoms with E-state index in [0.717, 1.165) is 6.42 Å². The molecule has 0 saturated carbocycles. The number of hydrogen-bond acceptors (Lipinski definition) is 2. The molecule has 0 unspecified atom stereocenters. The molecule has 0 heterocycles. The number of ether oxygens (including phenoxy) is 1. The van der Waals surface area contributed by atoms with Crippen LogP contribution in [0.1, 0.15) is 12.8 Å². The molecule has 1 aliphatic carbocycles. The van der Waals surface area contributed by atoms with Crippen molar-refractivity contribution in [1.82, 2.24) is 0 Å². The molecular weight excluding hydrogens is 139 g/mol. The highest BCUT2D eigenvalue weighted by molar-refractivity contribution is 6.12. The summed E-state index contributed by atoms with van der Waals surface area (Å²) in [4.78, 5) is 10.9. The Bertz CT molecular complexity index is 177. The van der Waals surface area contributed by atoms with Crippen molar-refractivity contribution in [3.63, 3.8) is 0 Å². The van der Waals surface area contributed by atoms with Gasteiger partial charge in [-0.3, -0.25) is 4.79 Å². The normalized spacial score (nSPS) is 28.8. The average molecular weight is 152 g/mol. The number of allylic oxidation sites excluding steroid dienone is 2. The van der Waals surface area contributed by atoms with Gasteiger partial charge in [-0.1, -0.05) is 18.0 Å². The zero-order valence-corrected chi connectivity index (χ0v) is 7.04. The Kier molecular flexibility index (Phi) is 2.74. The molecule has 0 spiro atoms. The Labute approximate surface area is 68.0 Å². The molecule has 0 radical (unpaired) electrons. The minimum atomic E-state index is -0.103. The lowest BCUT2D eigenvalue weighted by Crippen LogP contribution is -2.10. The van der Waals surface area contributed by atoms with Crippen molar-refractivity contribution < 1.29 is 9.53 Å². The number of methoxy groups -OCH3 is 1. The Balaban J connectivity index is 2.36. The number of carbonyl (C=O) groups excluding carboxylic acids is 1. The molecule has 0 amide bonds. The van der Waals surface area contributed by atoms with Crippen LogP contribution in [-0.2, 0) is 9.53 Å². The average Bonchev–Trinajstić information content (AvgIpc) is 2.37. The first-order chi connectivity index (χ1) is 5.24. The van der Waals surface area contributed by atoms with Gasteiger partial charge in [0.2, 0.25) is 0 Å². The summed E-state index contributed by atoms with van der Waals surface area (Å²) in [6.45, 7) is 0. The molecule has 60 valence electrons. The van der Waals surface area contributed by atoms with Crippen molar-refractivity contribution in [3.8, 4) is 0 Å². The number of carbonyl (C=O) groups is 1. The molecule has 0 fully saturated rings. The Morgan fingerprint density at radius 3 is 3.00 bits per heavy atom. The number of esters is 1. The van der Waals surface area contributed by atoms with Crippen LogP contribution in [0.3, 0.4) is 0 Å². The third-order valence-corrected chi connectivity index (χ3v) is 2.25. The third-order valence-electron chi connectivity index (χ3n) is 2.25. The lowest BCUT2D eigenvalue weighted by atomic mass is 9.77. The van der Waals surface area contributed by atoms with Crippen molar-refractivity contribution in [2.75, 3.05) is 7.11 Å². The van der Waals surface area contributed by atoms with Gasteiger partial charge in [0, 0.05) is 0 Å². The molecule has 0 bridgehead atoms. The summed E-state index contributed by atoms with van der Waals surface area (Å²) in [6, 6.07) is 0. The maximum absolute atomic E-state index is 10.9. The molecule has 2 nitrogen and oxygen atoms in total. The first-order valence-electron chi connectivity index (χ1n) is 3.97. The van der Waals surface area contributed by atoms with Gasteiger partial charge in [-0.05, 0) is 12.3 Å². The van der Waals surface area contributed by atoms with Crippen LogP contribution >= 0.6 is 0 Å². The molecule has 0 aromatic rings. The van der Waals surface area contributed by atoms with Gasteiger partial charge >= 0.3 is 5.97 Å². The van der Waals surface area contributed by atoms with Gasteiger partial charge in [-0.25, -0.2) is 0 Å². The quantitative estimate of drug-likeness (QED) is 0.328. The highest BCUT2D eigenvalue weighted by Crippen LogP contribution is 2.30. The summed E-state index contributed by atoms with van der Waals surface area (Å²) >= 11 is 0. The summed E-state index contributed by atoms with van der Waals surface area (Å²) in [6.07, 6.45) is 5.88. The summed E-state index contributed by atoms with van der Waals surface area (Å²) in [7, 11) is 3.60. The Morgan fingerprint density at radius 2 is 2.55 bits per heavy atom. The molecule has 1 aliphatic rings. The molecule has 11 heavy (non-hydrogen) atoms. The summed E-state index contributed by atoms with van der Waals surface area (Å²) in [5.41, 5.74) is 0. The minimum absolute atomic E-state index is 0.103. The molecule has 0 N–H and O–H groups in total. The fraction of sp³-hybridized carbons (Fsp3) is 0.625. The Hall–Kier alpha value is -0.725. The molecule has 3 heteroatoms. The van der Waals surface area contributed by atoms with Crippen LogP contribution in [0.25, 0.3) is 0 Å². The monoisotopic (exact) mass is 152 g/mol. The van der Waals surface area contributed by atoms with Gasteiger partial charge in [0.25, 0.3) is 0 Å². The molecular formula is C8H13BO2. The van der Waals surface area contributed by atoms with Gasteiger partial charge in [0.05, 0.1) is 13.5 Å². The van der Waals surface area contributed by atoms with E-state index in [0.29, 0.717) is 18.2 Å². The maximum Gasteiger partial charge on any atom is 0.306 e. The highest BCUT2D eigenvalue weighted by atomic mass is 16.5. The topological polar surface area (TPSA) is 26.3 Å². The summed E-state index contributed by atoms with van der Waals surface area (Å²) in [5, 5.41) is 0. The smallest absolute Gasteiger partial charge is 0.306 e. The Morgan fingerprint density at radius 1 is 1.82 bits per heavy atom. The first-order valence-corrected chi connectivity index (χ1v) is 3.97. The third kappa shape index (κ3) is 2.10. The highest BCUT2D eigenvalue weighted by Gasteiger charge is 2.20. The van der Waals surface area contributed by atoms with Gasteiger partial charge in [0.1, 0.15) is 7.85 Å². The maximum atomic E-state index is 10.9. The van der Waals surface area contributed by atoms with E-state index in [2.05, 4.69) is 24.7 Å². The first kappa shape index (κ1) is 8.37. The van der Waals surface area contributed by atoms with Crippen molar-refractivity contribution in [2.45, 2.75) is 18.7 Å². The van der Waals surface area contributed by atoms with Crippen molar-refractivity contribution in [1.29, 1.82) is 0 Å². The van der Waals surface area contributed by atoms with Crippen LogP contribution in [0.5, 0.6) is 0 Å². The van der Waals surface area contributed by atoms with Crippen LogP contribution in [0.2, 0.25) is 5.82 Å². The largest absolute Gasteiger partial charge is 0.469 e. The molecule has 2 atom stereocenters. The van der Waals surface area contributed by atoms with Crippen molar-refractivity contribution in [2.24, 2.45) is 5.92 Å². The molecule has 0 aromatic carbocycles. The van der Waals surface area contributed by atoms with Gasteiger partial charge in [0.15, 0.2) is 0 Å². The molecule has 0 aromatic heterocycles. The molecule has 0 saturated heterocycles. The van der Waals surface area contributed by atoms with Crippen LogP contribution in [0, 0.1) is 5.92 Å². The van der Waals surface area contributed by atoms with Crippen LogP contribution in [0.15, 0.2) is 12.2 Å². The second kappa shape index (κ2) is 3.60. The second-order valence-corrected chi connectivity index (χ2v) is 3.09. The van der Waals surface area contributed by atoms with E-state index in [-0.39, 0.29) is 5.97 Å². The van der Waals surface area contributed by atoms with Crippen molar-refractivity contribution >= 4 is 13.8 Å². The van der Waals surface area contributed by atoms with E-state index in [9.17, 15) is 4.79 Å². The van der Waals surface area contributed by atoms with E-state index >= 15 is 0 Å². The van der Waals surface area contributed by atoms with E-state index in [1.807, 2.05) is 0 Å². The summed E-state index contributed by atoms with van der Waals surface area (Å²) in [5.74, 6) is 0.907. The lowest BCUT2D eigenvalue weighted by Gasteiger charge is -2.11. The number of hydrogen-bond donors (Lipinski definition) is 0. The fourth-order valence-corrected chi connectivity index (χ4v) is 1.38. The molecule has 0 aliphatic heterocycles. The van der Waals surface area contributed by atoms with Crippen LogP contribution < -0.4 is 0 Å². The predicted octanol–water partition coefficient (Wildman–Crippen LogP) is 0.547. The minimum Gasteiger partial charge on any atom is -0.469 e. The van der Waals surface area contributed by atoms with Crippen molar-refractivity contribution in [3.05, 3.63) is 12.2 Å². The molecule has 1 rings (SSSR count). The van der Waals surface area contributed by atoms with Gasteiger partial charge in [-0.15, -0.1) is 0 Å². The zero-order chi connectivity index (χ0) is 8.27. The predicted molar refractivity (Wildman–Crippen MR) is 46.2 cm³/mol. The van der Waals surface area contributed by atoms with Crippen LogP contribution in [-0.4, -0.2) is 20.9 Å². The van der Waals surface area contributed by atoms with E-state index in [1.165, 1.54) is 7.11 Å². The standard InChI is InChI=1S/C8H13BO2/c1-11-8(10)5-6-3-2-4-7(6)9/h2-3,6-7H,4-5,9H2,1H3/t6-,7+/m0/s1. The van der Waals surface area contributed by atoms with Crippen LogP contribution in [0.4, 0.5) is 0 Å². The van der Waals surface area contributed by atoms with E-state index < -0.39 is 0 Å². The van der Waals surface area contributed by atoms with Gasteiger partial charge in [-0.2, -0.15) is 0 Å². The van der Waals surface area contributed by atoms with E-state index in [4.69, 9.17) is 0 Å². The fourth-order valence-electron chi connectivity index (χ4n) is 1.38. The summed E-state index contributed by atoms with van der Waals surface area (Å²) < 4.78 is 4.59. The zero-order valence-electron chi connectivity index (χ0n) is 7.04. The SMILES string of the molecule is B[C@@H]1CC=C[C@H]1CC(=O)OC. The van der Waals surface area contributed by atoms with E-state index in [1.54, 1.807) is 0 Å². The van der Waals surface area contributed by atoms with Gasteiger partial charge < -0.3 is 4.74 Å². The number of rotatable bonds is 2. The second-order valence-electron chi connectivity index (χ2n) is 3.09. The lowest BCUT2D eigenvalue weighted by molar-refractivity contribution is -0.141.